The van der Waals surface area contributed by atoms with E-state index in [0.717, 1.165) is 22.7 Å². The molecule has 0 aliphatic carbocycles. The van der Waals surface area contributed by atoms with E-state index in [-0.39, 0.29) is 11.4 Å². The van der Waals surface area contributed by atoms with Gasteiger partial charge in [-0.3, -0.25) is 4.40 Å². The SMILES string of the molecule is COc1cc(F)c(N2CSC=C2c2c(C)nc3ccccn23)c(F)c1. The largest absolute Gasteiger partial charge is 0.497 e. The number of fused-ring (bicyclic) bond motifs is 1. The summed E-state index contributed by atoms with van der Waals surface area (Å²) in [7, 11) is 1.38. The fourth-order valence-electron chi connectivity index (χ4n) is 3.03. The summed E-state index contributed by atoms with van der Waals surface area (Å²) in [6.07, 6.45) is 1.90. The van der Waals surface area contributed by atoms with Gasteiger partial charge in [0, 0.05) is 18.3 Å². The van der Waals surface area contributed by atoms with Crippen LogP contribution in [-0.4, -0.2) is 22.4 Å². The molecule has 0 amide bonds. The fraction of sp³-hybridized carbons (Fsp3) is 0.167. The zero-order valence-corrected chi connectivity index (χ0v) is 14.5. The van der Waals surface area contributed by atoms with E-state index in [1.165, 1.54) is 31.0 Å². The average Bonchev–Trinajstić information content (AvgIpc) is 3.17. The monoisotopic (exact) mass is 359 g/mol. The van der Waals surface area contributed by atoms with Gasteiger partial charge in [0.05, 0.1) is 30.1 Å². The van der Waals surface area contributed by atoms with E-state index in [9.17, 15) is 8.78 Å². The van der Waals surface area contributed by atoms with Crippen molar-refractivity contribution in [2.75, 3.05) is 17.9 Å². The molecule has 7 heteroatoms. The van der Waals surface area contributed by atoms with Gasteiger partial charge in [-0.15, -0.1) is 11.8 Å². The van der Waals surface area contributed by atoms with E-state index in [2.05, 4.69) is 4.98 Å². The highest BCUT2D eigenvalue weighted by molar-refractivity contribution is 8.02. The van der Waals surface area contributed by atoms with E-state index < -0.39 is 11.6 Å². The van der Waals surface area contributed by atoms with Gasteiger partial charge in [0.2, 0.25) is 0 Å². The van der Waals surface area contributed by atoms with Gasteiger partial charge in [0.15, 0.2) is 11.6 Å². The highest BCUT2D eigenvalue weighted by atomic mass is 32.2. The second-order valence-electron chi connectivity index (χ2n) is 5.64. The number of methoxy groups -OCH3 is 1. The van der Waals surface area contributed by atoms with Gasteiger partial charge in [-0.25, -0.2) is 13.8 Å². The van der Waals surface area contributed by atoms with Crippen molar-refractivity contribution >= 4 is 28.8 Å². The molecule has 25 heavy (non-hydrogen) atoms. The van der Waals surface area contributed by atoms with Crippen LogP contribution in [0.5, 0.6) is 5.75 Å². The van der Waals surface area contributed by atoms with Crippen LogP contribution >= 0.6 is 11.8 Å². The summed E-state index contributed by atoms with van der Waals surface area (Å²) in [6.45, 7) is 1.89. The van der Waals surface area contributed by atoms with Crippen LogP contribution in [0, 0.1) is 18.6 Å². The van der Waals surface area contributed by atoms with Crippen molar-refractivity contribution < 1.29 is 13.5 Å². The van der Waals surface area contributed by atoms with Crippen LogP contribution in [-0.2, 0) is 0 Å². The number of halogens is 2. The first-order valence-electron chi connectivity index (χ1n) is 7.66. The minimum Gasteiger partial charge on any atom is -0.497 e. The predicted octanol–water partition coefficient (Wildman–Crippen LogP) is 4.44. The van der Waals surface area contributed by atoms with Crippen molar-refractivity contribution in [2.24, 2.45) is 0 Å². The number of ether oxygens (including phenoxy) is 1. The first-order valence-corrected chi connectivity index (χ1v) is 8.71. The van der Waals surface area contributed by atoms with Crippen molar-refractivity contribution in [1.82, 2.24) is 9.38 Å². The lowest BCUT2D eigenvalue weighted by atomic mass is 10.2. The van der Waals surface area contributed by atoms with Crippen LogP contribution in [0.1, 0.15) is 11.4 Å². The maximum Gasteiger partial charge on any atom is 0.153 e. The zero-order valence-electron chi connectivity index (χ0n) is 13.7. The number of imidazole rings is 1. The number of aromatic nitrogens is 2. The van der Waals surface area contributed by atoms with Crippen molar-refractivity contribution in [2.45, 2.75) is 6.92 Å². The first-order chi connectivity index (χ1) is 12.1. The first kappa shape index (κ1) is 16.0. The molecule has 1 aliphatic rings. The summed E-state index contributed by atoms with van der Waals surface area (Å²) in [5, 5.41) is 1.91. The van der Waals surface area contributed by atoms with E-state index in [0.29, 0.717) is 5.88 Å². The maximum atomic E-state index is 14.6. The molecule has 0 radical (unpaired) electrons. The minimum atomic E-state index is -0.656. The standard InChI is InChI=1S/C18H15F2N3OS/c1-11-17(22-6-4-3-5-16(22)21-11)15-9-25-10-23(15)18-13(19)7-12(24-2)8-14(18)20/h3-9H,10H2,1-2H3. The summed E-state index contributed by atoms with van der Waals surface area (Å²) >= 11 is 1.49. The third-order valence-electron chi connectivity index (χ3n) is 4.13. The highest BCUT2D eigenvalue weighted by Gasteiger charge is 2.28. The minimum absolute atomic E-state index is 0.0812. The Morgan fingerprint density at radius 2 is 1.96 bits per heavy atom. The van der Waals surface area contributed by atoms with Crippen LogP contribution in [0.2, 0.25) is 0 Å². The van der Waals surface area contributed by atoms with Crippen LogP contribution in [0.15, 0.2) is 41.9 Å². The topological polar surface area (TPSA) is 29.8 Å². The van der Waals surface area contributed by atoms with Gasteiger partial charge in [0.25, 0.3) is 0 Å². The normalized spacial score (nSPS) is 14.2. The maximum absolute atomic E-state index is 14.6. The number of anilines is 1. The molecule has 128 valence electrons. The Morgan fingerprint density at radius 3 is 2.68 bits per heavy atom. The molecule has 0 atom stereocenters. The van der Waals surface area contributed by atoms with E-state index in [4.69, 9.17) is 4.74 Å². The number of hydrogen-bond acceptors (Lipinski definition) is 4. The van der Waals surface area contributed by atoms with Gasteiger partial charge >= 0.3 is 0 Å². The molecule has 0 N–H and O–H groups in total. The third-order valence-corrected chi connectivity index (χ3v) is 4.93. The number of hydrogen-bond donors (Lipinski definition) is 0. The molecule has 0 saturated carbocycles. The number of nitrogens with zero attached hydrogens (tertiary/aromatic N) is 3. The lowest BCUT2D eigenvalue weighted by Gasteiger charge is -2.23. The van der Waals surface area contributed by atoms with Gasteiger partial charge in [0.1, 0.15) is 17.1 Å². The molecule has 0 saturated heterocycles. The predicted molar refractivity (Wildman–Crippen MR) is 95.8 cm³/mol. The Hall–Kier alpha value is -2.54. The van der Waals surface area contributed by atoms with Crippen molar-refractivity contribution in [3.63, 3.8) is 0 Å². The Morgan fingerprint density at radius 1 is 1.20 bits per heavy atom. The molecule has 1 aromatic carbocycles. The average molecular weight is 359 g/mol. The van der Waals surface area contributed by atoms with Crippen molar-refractivity contribution in [1.29, 1.82) is 0 Å². The van der Waals surface area contributed by atoms with Crippen LogP contribution in [0.3, 0.4) is 0 Å². The molecule has 1 aliphatic heterocycles. The van der Waals surface area contributed by atoms with E-state index in [1.54, 1.807) is 4.90 Å². The molecule has 0 unspecified atom stereocenters. The number of aryl methyl sites for hydroxylation is 1. The molecular formula is C18H15F2N3OS. The van der Waals surface area contributed by atoms with Crippen LogP contribution < -0.4 is 9.64 Å². The van der Waals surface area contributed by atoms with Crippen molar-refractivity contribution in [3.05, 3.63) is 65.0 Å². The molecule has 3 heterocycles. The third kappa shape index (κ3) is 2.55. The Bertz CT molecular complexity index is 976. The molecule has 0 bridgehead atoms. The van der Waals surface area contributed by atoms with Gasteiger partial charge in [-0.2, -0.15) is 0 Å². The highest BCUT2D eigenvalue weighted by Crippen LogP contribution is 2.40. The number of pyridine rings is 1. The molecule has 0 fully saturated rings. The smallest absolute Gasteiger partial charge is 0.153 e. The molecule has 4 rings (SSSR count). The Balaban J connectivity index is 1.86. The van der Waals surface area contributed by atoms with Gasteiger partial charge < -0.3 is 9.64 Å². The van der Waals surface area contributed by atoms with Crippen molar-refractivity contribution in [3.8, 4) is 5.75 Å². The van der Waals surface area contributed by atoms with Crippen LogP contribution in [0.4, 0.5) is 14.5 Å². The molecule has 3 aromatic rings. The summed E-state index contributed by atoms with van der Waals surface area (Å²) in [6, 6.07) is 8.10. The summed E-state index contributed by atoms with van der Waals surface area (Å²) < 4.78 is 36.0. The summed E-state index contributed by atoms with van der Waals surface area (Å²) in [5.41, 5.74) is 3.07. The second kappa shape index (κ2) is 6.07. The Kier molecular flexibility index (Phi) is 3.88. The van der Waals surface area contributed by atoms with Gasteiger partial charge in [-0.1, -0.05) is 6.07 Å². The lowest BCUT2D eigenvalue weighted by molar-refractivity contribution is 0.407. The van der Waals surface area contributed by atoms with Crippen LogP contribution in [0.25, 0.3) is 11.3 Å². The molecule has 0 spiro atoms. The fourth-order valence-corrected chi connectivity index (χ4v) is 3.92. The Labute approximate surface area is 147 Å². The quantitative estimate of drug-likeness (QED) is 0.692. The van der Waals surface area contributed by atoms with E-state index in [1.807, 2.05) is 41.1 Å². The lowest BCUT2D eigenvalue weighted by Crippen LogP contribution is -2.21. The second-order valence-corrected chi connectivity index (χ2v) is 6.47. The zero-order chi connectivity index (χ0) is 17.6. The molecule has 4 nitrogen and oxygen atoms in total. The number of thioether (sulfide) groups is 1. The van der Waals surface area contributed by atoms with Gasteiger partial charge in [-0.05, 0) is 24.5 Å². The number of benzene rings is 1. The molecule has 2 aromatic heterocycles. The number of rotatable bonds is 3. The summed E-state index contributed by atoms with van der Waals surface area (Å²) in [4.78, 5) is 6.17. The summed E-state index contributed by atoms with van der Waals surface area (Å²) in [5.74, 6) is -0.731. The molecular weight excluding hydrogens is 344 g/mol. The van der Waals surface area contributed by atoms with E-state index >= 15 is 0 Å².